The predicted molar refractivity (Wildman–Crippen MR) is 79.0 cm³/mol. The lowest BCUT2D eigenvalue weighted by Gasteiger charge is -2.14. The van der Waals surface area contributed by atoms with Crippen LogP contribution in [0.1, 0.15) is 29.0 Å². The zero-order valence-corrected chi connectivity index (χ0v) is 12.9. The number of aromatic nitrogens is 2. The molecule has 0 fully saturated rings. The maximum absolute atomic E-state index is 12.7. The standard InChI is InChI=1S/C14H11ClF3N3O3/c1-7(13(23)24)21-11(4-5-19-21)12(22)20-10-6-8(14(16,17)18)2-3-9(10)15/h2-7H,1H3,(H,20,22)(H,23,24). The first-order chi connectivity index (χ1) is 11.1. The van der Waals surface area contributed by atoms with E-state index in [0.29, 0.717) is 6.07 Å². The molecule has 0 radical (unpaired) electrons. The van der Waals surface area contributed by atoms with Gasteiger partial charge in [-0.15, -0.1) is 0 Å². The highest BCUT2D eigenvalue weighted by atomic mass is 35.5. The normalized spacial score (nSPS) is 12.7. The second-order valence-electron chi connectivity index (χ2n) is 4.82. The van der Waals surface area contributed by atoms with Crippen molar-refractivity contribution in [3.8, 4) is 0 Å². The number of anilines is 1. The largest absolute Gasteiger partial charge is 0.480 e. The van der Waals surface area contributed by atoms with E-state index in [4.69, 9.17) is 16.7 Å². The maximum Gasteiger partial charge on any atom is 0.416 e. The molecule has 2 N–H and O–H groups in total. The highest BCUT2D eigenvalue weighted by Gasteiger charge is 2.31. The van der Waals surface area contributed by atoms with Gasteiger partial charge in [-0.2, -0.15) is 18.3 Å². The van der Waals surface area contributed by atoms with Gasteiger partial charge in [0.2, 0.25) is 0 Å². The van der Waals surface area contributed by atoms with Crippen LogP contribution in [-0.4, -0.2) is 26.8 Å². The number of hydrogen-bond acceptors (Lipinski definition) is 3. The van der Waals surface area contributed by atoms with Crippen LogP contribution < -0.4 is 5.32 Å². The molecular weight excluding hydrogens is 351 g/mol. The minimum Gasteiger partial charge on any atom is -0.480 e. The van der Waals surface area contributed by atoms with Crippen LogP contribution in [0.2, 0.25) is 5.02 Å². The molecule has 0 bridgehead atoms. The van der Waals surface area contributed by atoms with Gasteiger partial charge in [-0.25, -0.2) is 9.48 Å². The molecule has 2 rings (SSSR count). The number of carboxylic acids is 1. The maximum atomic E-state index is 12.7. The van der Waals surface area contributed by atoms with Gasteiger partial charge >= 0.3 is 12.1 Å². The van der Waals surface area contributed by atoms with E-state index in [-0.39, 0.29) is 16.4 Å². The van der Waals surface area contributed by atoms with Crippen molar-refractivity contribution in [2.45, 2.75) is 19.1 Å². The van der Waals surface area contributed by atoms with Crippen LogP contribution in [0.25, 0.3) is 0 Å². The fourth-order valence-electron chi connectivity index (χ4n) is 1.89. The van der Waals surface area contributed by atoms with Gasteiger partial charge in [-0.05, 0) is 31.2 Å². The first-order valence-corrected chi connectivity index (χ1v) is 6.93. The molecule has 128 valence electrons. The van der Waals surface area contributed by atoms with Crippen LogP contribution in [0.15, 0.2) is 30.5 Å². The molecule has 24 heavy (non-hydrogen) atoms. The number of amides is 1. The summed E-state index contributed by atoms with van der Waals surface area (Å²) in [5.74, 6) is -2.05. The quantitative estimate of drug-likeness (QED) is 0.873. The highest BCUT2D eigenvalue weighted by molar-refractivity contribution is 6.33. The van der Waals surface area contributed by atoms with Crippen LogP contribution in [0.5, 0.6) is 0 Å². The number of aliphatic carboxylic acids is 1. The summed E-state index contributed by atoms with van der Waals surface area (Å²) in [5, 5.41) is 14.9. The Balaban J connectivity index is 2.31. The molecule has 0 aliphatic rings. The van der Waals surface area contributed by atoms with Gasteiger partial charge in [0.25, 0.3) is 5.91 Å². The number of nitrogens with zero attached hydrogens (tertiary/aromatic N) is 2. The fourth-order valence-corrected chi connectivity index (χ4v) is 2.06. The molecule has 1 unspecified atom stereocenters. The van der Waals surface area contributed by atoms with Crippen molar-refractivity contribution in [2.24, 2.45) is 0 Å². The van der Waals surface area contributed by atoms with E-state index >= 15 is 0 Å². The third-order valence-electron chi connectivity index (χ3n) is 3.17. The van der Waals surface area contributed by atoms with E-state index in [0.717, 1.165) is 16.8 Å². The van der Waals surface area contributed by atoms with Gasteiger partial charge in [-0.3, -0.25) is 4.79 Å². The first-order valence-electron chi connectivity index (χ1n) is 6.55. The van der Waals surface area contributed by atoms with E-state index < -0.39 is 29.7 Å². The molecule has 1 aromatic heterocycles. The third kappa shape index (κ3) is 3.67. The summed E-state index contributed by atoms with van der Waals surface area (Å²) in [4.78, 5) is 23.2. The lowest BCUT2D eigenvalue weighted by atomic mass is 10.2. The van der Waals surface area contributed by atoms with Crippen molar-refractivity contribution < 1.29 is 27.9 Å². The monoisotopic (exact) mass is 361 g/mol. The van der Waals surface area contributed by atoms with E-state index in [2.05, 4.69) is 10.4 Å². The fraction of sp³-hybridized carbons (Fsp3) is 0.214. The first kappa shape index (κ1) is 17.8. The van der Waals surface area contributed by atoms with Crippen molar-refractivity contribution in [3.05, 3.63) is 46.7 Å². The molecule has 1 atom stereocenters. The molecule has 2 aromatic rings. The molecule has 0 saturated heterocycles. The van der Waals surface area contributed by atoms with Crippen molar-refractivity contribution in [2.75, 3.05) is 5.32 Å². The molecule has 0 aliphatic heterocycles. The molecule has 10 heteroatoms. The van der Waals surface area contributed by atoms with E-state index in [1.807, 2.05) is 0 Å². The van der Waals surface area contributed by atoms with Crippen LogP contribution in [0.3, 0.4) is 0 Å². The number of halogens is 4. The zero-order valence-electron chi connectivity index (χ0n) is 12.1. The average molecular weight is 362 g/mol. The zero-order chi connectivity index (χ0) is 18.1. The number of carbonyl (C=O) groups excluding carboxylic acids is 1. The van der Waals surface area contributed by atoms with Gasteiger partial charge in [0, 0.05) is 6.20 Å². The Hall–Kier alpha value is -2.55. The second kappa shape index (κ2) is 6.52. The molecule has 1 heterocycles. The molecule has 1 amide bonds. The Bertz CT molecular complexity index is 789. The Kier molecular flexibility index (Phi) is 4.83. The van der Waals surface area contributed by atoms with Gasteiger partial charge in [0.05, 0.1) is 16.3 Å². The lowest BCUT2D eigenvalue weighted by Crippen LogP contribution is -2.24. The van der Waals surface area contributed by atoms with Crippen LogP contribution >= 0.6 is 11.6 Å². The van der Waals surface area contributed by atoms with Crippen molar-refractivity contribution in [3.63, 3.8) is 0 Å². The number of carbonyl (C=O) groups is 2. The van der Waals surface area contributed by atoms with E-state index in [9.17, 15) is 22.8 Å². The second-order valence-corrected chi connectivity index (χ2v) is 5.23. The smallest absolute Gasteiger partial charge is 0.416 e. The summed E-state index contributed by atoms with van der Waals surface area (Å²) >= 11 is 5.81. The molecule has 0 spiro atoms. The van der Waals surface area contributed by atoms with Crippen molar-refractivity contribution in [1.82, 2.24) is 9.78 Å². The van der Waals surface area contributed by atoms with Crippen LogP contribution in [0.4, 0.5) is 18.9 Å². The SMILES string of the molecule is CC(C(=O)O)n1nccc1C(=O)Nc1cc(C(F)(F)F)ccc1Cl. The lowest BCUT2D eigenvalue weighted by molar-refractivity contribution is -0.140. The third-order valence-corrected chi connectivity index (χ3v) is 3.50. The minimum absolute atomic E-state index is 0.0892. The predicted octanol–water partition coefficient (Wildman–Crippen LogP) is 3.45. The molecule has 0 saturated carbocycles. The number of benzene rings is 1. The highest BCUT2D eigenvalue weighted by Crippen LogP contribution is 2.34. The van der Waals surface area contributed by atoms with Crippen LogP contribution in [-0.2, 0) is 11.0 Å². The molecular formula is C14H11ClF3N3O3. The minimum atomic E-state index is -4.59. The van der Waals surface area contributed by atoms with Gasteiger partial charge < -0.3 is 10.4 Å². The number of rotatable bonds is 4. The van der Waals surface area contributed by atoms with E-state index in [1.165, 1.54) is 19.2 Å². The number of alkyl halides is 3. The van der Waals surface area contributed by atoms with Gasteiger partial charge in [0.1, 0.15) is 11.7 Å². The number of hydrogen-bond donors (Lipinski definition) is 2. The summed E-state index contributed by atoms with van der Waals surface area (Å²) in [7, 11) is 0. The topological polar surface area (TPSA) is 84.2 Å². The van der Waals surface area contributed by atoms with E-state index in [1.54, 1.807) is 0 Å². The van der Waals surface area contributed by atoms with Crippen molar-refractivity contribution >= 4 is 29.2 Å². The molecule has 0 aliphatic carbocycles. The number of nitrogens with one attached hydrogen (secondary N) is 1. The number of carboxylic acid groups (broad SMARTS) is 1. The Morgan fingerprint density at radius 2 is 2.00 bits per heavy atom. The van der Waals surface area contributed by atoms with Crippen LogP contribution in [0, 0.1) is 0 Å². The van der Waals surface area contributed by atoms with Gasteiger partial charge in [0.15, 0.2) is 0 Å². The van der Waals surface area contributed by atoms with Gasteiger partial charge in [-0.1, -0.05) is 11.6 Å². The Morgan fingerprint density at radius 3 is 2.58 bits per heavy atom. The summed E-state index contributed by atoms with van der Waals surface area (Å²) < 4.78 is 39.1. The average Bonchev–Trinajstić information content (AvgIpc) is 2.96. The summed E-state index contributed by atoms with van der Waals surface area (Å²) in [6.07, 6.45) is -3.38. The summed E-state index contributed by atoms with van der Waals surface area (Å²) in [5.41, 5.74) is -1.35. The molecule has 1 aromatic carbocycles. The van der Waals surface area contributed by atoms with Crippen molar-refractivity contribution in [1.29, 1.82) is 0 Å². The Morgan fingerprint density at radius 1 is 1.33 bits per heavy atom. The summed E-state index contributed by atoms with van der Waals surface area (Å²) in [6, 6.07) is 2.61. The summed E-state index contributed by atoms with van der Waals surface area (Å²) in [6.45, 7) is 1.31. The Labute approximate surface area is 138 Å². The molecule has 6 nitrogen and oxygen atoms in total.